The highest BCUT2D eigenvalue weighted by atomic mass is 32.1. The minimum atomic E-state index is -0.183. The van der Waals surface area contributed by atoms with Crippen LogP contribution in [0.15, 0.2) is 12.1 Å². The Balaban J connectivity index is 2.41. The monoisotopic (exact) mass is 266 g/mol. The van der Waals surface area contributed by atoms with Crippen LogP contribution in [0.5, 0.6) is 0 Å². The van der Waals surface area contributed by atoms with Crippen LogP contribution in [-0.4, -0.2) is 22.4 Å². The van der Waals surface area contributed by atoms with E-state index in [1.165, 1.54) is 9.75 Å². The molecule has 1 fully saturated rings. The lowest BCUT2D eigenvalue weighted by molar-refractivity contribution is -0.143. The van der Waals surface area contributed by atoms with E-state index in [4.69, 9.17) is 5.73 Å². The van der Waals surface area contributed by atoms with Crippen LogP contribution < -0.4 is 5.73 Å². The second-order valence-electron chi connectivity index (χ2n) is 6.03. The van der Waals surface area contributed by atoms with Crippen LogP contribution in [0.1, 0.15) is 49.4 Å². The standard InChI is InChI=1S/C14H22N2OS/c1-9-5-7-11(18-9)13-10(15)6-8-12(17)16(13)14(2,3)4/h5,7,10,13H,6,8,15H2,1-4H3. The van der Waals surface area contributed by atoms with Gasteiger partial charge in [-0.3, -0.25) is 4.79 Å². The molecule has 100 valence electrons. The third-order valence-electron chi connectivity index (χ3n) is 3.42. The zero-order valence-corrected chi connectivity index (χ0v) is 12.4. The van der Waals surface area contributed by atoms with Crippen LogP contribution >= 0.6 is 11.3 Å². The Morgan fingerprint density at radius 3 is 2.56 bits per heavy atom. The number of thiophene rings is 1. The number of carbonyl (C=O) groups excluding carboxylic acids is 1. The number of amides is 1. The summed E-state index contributed by atoms with van der Waals surface area (Å²) >= 11 is 1.75. The topological polar surface area (TPSA) is 46.3 Å². The van der Waals surface area contributed by atoms with Crippen LogP contribution in [0.4, 0.5) is 0 Å². The van der Waals surface area contributed by atoms with Crippen molar-refractivity contribution in [3.8, 4) is 0 Å². The van der Waals surface area contributed by atoms with E-state index in [0.29, 0.717) is 6.42 Å². The third-order valence-corrected chi connectivity index (χ3v) is 4.49. The minimum absolute atomic E-state index is 0.0324. The Hall–Kier alpha value is -0.870. The molecule has 0 aromatic carbocycles. The minimum Gasteiger partial charge on any atom is -0.328 e. The summed E-state index contributed by atoms with van der Waals surface area (Å²) in [5.74, 6) is 0.222. The normalized spacial score (nSPS) is 25.6. The van der Waals surface area contributed by atoms with Crippen LogP contribution in [0.3, 0.4) is 0 Å². The molecule has 18 heavy (non-hydrogen) atoms. The Bertz CT molecular complexity index is 447. The van der Waals surface area contributed by atoms with Crippen molar-refractivity contribution >= 4 is 17.2 Å². The molecule has 4 heteroatoms. The van der Waals surface area contributed by atoms with E-state index in [-0.39, 0.29) is 23.5 Å². The number of carbonyl (C=O) groups is 1. The van der Waals surface area contributed by atoms with E-state index in [1.807, 2.05) is 4.90 Å². The van der Waals surface area contributed by atoms with Crippen molar-refractivity contribution in [1.82, 2.24) is 4.90 Å². The molecule has 1 aliphatic heterocycles. The molecule has 1 aromatic heterocycles. The molecule has 1 saturated heterocycles. The van der Waals surface area contributed by atoms with Gasteiger partial charge in [-0.1, -0.05) is 0 Å². The molecule has 2 atom stereocenters. The fraction of sp³-hybridized carbons (Fsp3) is 0.643. The molecule has 3 nitrogen and oxygen atoms in total. The molecular formula is C14H22N2OS. The highest BCUT2D eigenvalue weighted by Crippen LogP contribution is 2.38. The molecule has 0 radical (unpaired) electrons. The molecule has 1 aromatic rings. The smallest absolute Gasteiger partial charge is 0.223 e. The summed E-state index contributed by atoms with van der Waals surface area (Å²) in [7, 11) is 0. The molecule has 2 N–H and O–H groups in total. The van der Waals surface area contributed by atoms with Crippen molar-refractivity contribution in [1.29, 1.82) is 0 Å². The van der Waals surface area contributed by atoms with Crippen molar-refractivity contribution < 1.29 is 4.79 Å². The van der Waals surface area contributed by atoms with E-state index in [1.54, 1.807) is 11.3 Å². The van der Waals surface area contributed by atoms with Gasteiger partial charge in [0.15, 0.2) is 0 Å². The third kappa shape index (κ3) is 2.45. The Kier molecular flexibility index (Phi) is 3.52. The largest absolute Gasteiger partial charge is 0.328 e. The van der Waals surface area contributed by atoms with E-state index in [9.17, 15) is 4.79 Å². The van der Waals surface area contributed by atoms with E-state index in [0.717, 1.165) is 6.42 Å². The lowest BCUT2D eigenvalue weighted by Crippen LogP contribution is -2.55. The van der Waals surface area contributed by atoms with E-state index < -0.39 is 0 Å². The summed E-state index contributed by atoms with van der Waals surface area (Å²) in [5.41, 5.74) is 6.10. The number of nitrogens with zero attached hydrogens (tertiary/aromatic N) is 1. The number of nitrogens with two attached hydrogens (primary N) is 1. The summed E-state index contributed by atoms with van der Waals surface area (Å²) < 4.78 is 0. The zero-order chi connectivity index (χ0) is 13.5. The summed E-state index contributed by atoms with van der Waals surface area (Å²) in [6, 6.07) is 4.29. The van der Waals surface area contributed by atoms with Gasteiger partial charge < -0.3 is 10.6 Å². The van der Waals surface area contributed by atoms with Gasteiger partial charge in [0.05, 0.1) is 6.04 Å². The number of piperidine rings is 1. The summed E-state index contributed by atoms with van der Waals surface area (Å²) in [6.07, 6.45) is 1.35. The van der Waals surface area contributed by atoms with E-state index >= 15 is 0 Å². The maximum Gasteiger partial charge on any atom is 0.223 e. The Labute approximate surface area is 113 Å². The number of rotatable bonds is 1. The van der Waals surface area contributed by atoms with Crippen LogP contribution in [0, 0.1) is 6.92 Å². The van der Waals surface area contributed by atoms with Gasteiger partial charge in [0.2, 0.25) is 5.91 Å². The van der Waals surface area contributed by atoms with Crippen molar-refractivity contribution in [2.75, 3.05) is 0 Å². The van der Waals surface area contributed by atoms with Crippen LogP contribution in [0.2, 0.25) is 0 Å². The number of hydrogen-bond acceptors (Lipinski definition) is 3. The highest BCUT2D eigenvalue weighted by molar-refractivity contribution is 7.12. The van der Waals surface area contributed by atoms with Gasteiger partial charge in [0, 0.05) is 27.8 Å². The SMILES string of the molecule is Cc1ccc(C2C(N)CCC(=O)N2C(C)(C)C)s1. The first kappa shape index (κ1) is 13.6. The van der Waals surface area contributed by atoms with Crippen LogP contribution in [-0.2, 0) is 4.79 Å². The first-order chi connectivity index (χ1) is 8.30. The fourth-order valence-electron chi connectivity index (χ4n) is 2.66. The maximum atomic E-state index is 12.3. The highest BCUT2D eigenvalue weighted by Gasteiger charge is 2.41. The number of aryl methyl sites for hydroxylation is 1. The fourth-order valence-corrected chi connectivity index (χ4v) is 3.70. The van der Waals surface area contributed by atoms with Gasteiger partial charge in [0.25, 0.3) is 0 Å². The molecule has 0 saturated carbocycles. The Morgan fingerprint density at radius 2 is 2.06 bits per heavy atom. The Morgan fingerprint density at radius 1 is 1.39 bits per heavy atom. The first-order valence-corrected chi connectivity index (χ1v) is 7.26. The van der Waals surface area contributed by atoms with Crippen LogP contribution in [0.25, 0.3) is 0 Å². The van der Waals surface area contributed by atoms with Gasteiger partial charge in [-0.25, -0.2) is 0 Å². The van der Waals surface area contributed by atoms with Gasteiger partial charge in [-0.15, -0.1) is 11.3 Å². The number of likely N-dealkylation sites (tertiary alicyclic amines) is 1. The van der Waals surface area contributed by atoms with Crippen molar-refractivity contribution in [2.45, 2.75) is 58.2 Å². The second-order valence-corrected chi connectivity index (χ2v) is 7.35. The number of hydrogen-bond donors (Lipinski definition) is 1. The summed E-state index contributed by atoms with van der Waals surface area (Å²) in [5, 5.41) is 0. The summed E-state index contributed by atoms with van der Waals surface area (Å²) in [6.45, 7) is 8.33. The molecule has 0 bridgehead atoms. The predicted octanol–water partition coefficient (Wildman–Crippen LogP) is 2.85. The lowest BCUT2D eigenvalue weighted by Gasteiger charge is -2.47. The lowest BCUT2D eigenvalue weighted by atomic mass is 9.90. The van der Waals surface area contributed by atoms with Crippen molar-refractivity contribution in [2.24, 2.45) is 5.73 Å². The molecule has 1 aliphatic rings. The molecule has 2 heterocycles. The molecule has 0 aliphatic carbocycles. The molecule has 1 amide bonds. The first-order valence-electron chi connectivity index (χ1n) is 6.45. The zero-order valence-electron chi connectivity index (χ0n) is 11.6. The molecule has 2 rings (SSSR count). The molecule has 0 spiro atoms. The maximum absolute atomic E-state index is 12.3. The van der Waals surface area contributed by atoms with Crippen molar-refractivity contribution in [3.63, 3.8) is 0 Å². The predicted molar refractivity (Wildman–Crippen MR) is 75.6 cm³/mol. The average molecular weight is 266 g/mol. The van der Waals surface area contributed by atoms with Gasteiger partial charge in [0.1, 0.15) is 0 Å². The van der Waals surface area contributed by atoms with Gasteiger partial charge >= 0.3 is 0 Å². The van der Waals surface area contributed by atoms with Crippen molar-refractivity contribution in [3.05, 3.63) is 21.9 Å². The van der Waals surface area contributed by atoms with Gasteiger partial charge in [-0.2, -0.15) is 0 Å². The quantitative estimate of drug-likeness (QED) is 0.849. The molecular weight excluding hydrogens is 244 g/mol. The second kappa shape index (κ2) is 4.67. The average Bonchev–Trinajstić information content (AvgIpc) is 2.66. The van der Waals surface area contributed by atoms with Gasteiger partial charge in [-0.05, 0) is 46.2 Å². The van der Waals surface area contributed by atoms with E-state index in [2.05, 4.69) is 39.8 Å². The molecule has 2 unspecified atom stereocenters. The summed E-state index contributed by atoms with van der Waals surface area (Å²) in [4.78, 5) is 16.7.